The molecule has 0 aliphatic carbocycles. The normalized spacial score (nSPS) is 12.6. The van der Waals surface area contributed by atoms with Crippen molar-refractivity contribution in [3.63, 3.8) is 0 Å². The summed E-state index contributed by atoms with van der Waals surface area (Å²) < 4.78 is 1.10. The van der Waals surface area contributed by atoms with Gasteiger partial charge in [0, 0.05) is 25.0 Å². The van der Waals surface area contributed by atoms with Crippen LogP contribution in [0.2, 0.25) is 0 Å². The Bertz CT molecular complexity index is 295. The molecular formula is C9H14IN3S. The number of nitrogens with zero attached hydrogens (tertiary/aromatic N) is 3. The standard InChI is InChI=1S/C9H14IN3S/c1-7(5-14-3)13(2)9-8(10)4-11-6-12-9/h4,6-7H,5H2,1-3H3. The van der Waals surface area contributed by atoms with Crippen LogP contribution >= 0.6 is 34.4 Å². The molecule has 0 N–H and O–H groups in total. The van der Waals surface area contributed by atoms with Crippen molar-refractivity contribution in [3.05, 3.63) is 16.1 Å². The highest BCUT2D eigenvalue weighted by molar-refractivity contribution is 14.1. The number of hydrogen-bond acceptors (Lipinski definition) is 4. The largest absolute Gasteiger partial charge is 0.355 e. The van der Waals surface area contributed by atoms with Crippen molar-refractivity contribution in [1.29, 1.82) is 0 Å². The minimum absolute atomic E-state index is 0.494. The van der Waals surface area contributed by atoms with Gasteiger partial charge in [0.25, 0.3) is 0 Å². The maximum absolute atomic E-state index is 4.28. The fourth-order valence-corrected chi connectivity index (χ4v) is 2.51. The van der Waals surface area contributed by atoms with Crippen molar-refractivity contribution < 1.29 is 0 Å². The lowest BCUT2D eigenvalue weighted by atomic mass is 10.3. The van der Waals surface area contributed by atoms with Crippen molar-refractivity contribution >= 4 is 40.2 Å². The summed E-state index contributed by atoms with van der Waals surface area (Å²) in [5, 5.41) is 0. The Hall–Kier alpha value is -0.0400. The van der Waals surface area contributed by atoms with Gasteiger partial charge in [-0.2, -0.15) is 11.8 Å². The van der Waals surface area contributed by atoms with Crippen LogP contribution in [0.4, 0.5) is 5.82 Å². The predicted molar refractivity (Wildman–Crippen MR) is 71.0 cm³/mol. The van der Waals surface area contributed by atoms with Gasteiger partial charge in [-0.1, -0.05) is 0 Å². The van der Waals surface area contributed by atoms with Gasteiger partial charge in [-0.15, -0.1) is 0 Å². The second-order valence-corrected chi connectivity index (χ2v) is 5.18. The molecule has 14 heavy (non-hydrogen) atoms. The van der Waals surface area contributed by atoms with E-state index in [-0.39, 0.29) is 0 Å². The first-order valence-corrected chi connectivity index (χ1v) is 6.81. The van der Waals surface area contributed by atoms with E-state index in [1.165, 1.54) is 0 Å². The Morgan fingerprint density at radius 1 is 1.64 bits per heavy atom. The fraction of sp³-hybridized carbons (Fsp3) is 0.556. The van der Waals surface area contributed by atoms with E-state index >= 15 is 0 Å². The predicted octanol–water partition coefficient (Wildman–Crippen LogP) is 2.27. The highest BCUT2D eigenvalue weighted by Gasteiger charge is 2.12. The lowest BCUT2D eigenvalue weighted by Gasteiger charge is -2.25. The van der Waals surface area contributed by atoms with Crippen LogP contribution in [0.25, 0.3) is 0 Å². The van der Waals surface area contributed by atoms with Crippen molar-refractivity contribution in [2.45, 2.75) is 13.0 Å². The number of halogens is 1. The molecule has 1 unspecified atom stereocenters. The molecule has 0 fully saturated rings. The molecule has 0 aliphatic rings. The fourth-order valence-electron chi connectivity index (χ4n) is 1.13. The Morgan fingerprint density at radius 2 is 2.36 bits per heavy atom. The molecule has 0 aliphatic heterocycles. The Labute approximate surface area is 103 Å². The molecule has 0 aromatic carbocycles. The van der Waals surface area contributed by atoms with Crippen LogP contribution in [-0.2, 0) is 0 Å². The lowest BCUT2D eigenvalue weighted by molar-refractivity contribution is 0.749. The van der Waals surface area contributed by atoms with Gasteiger partial charge in [-0.3, -0.25) is 0 Å². The van der Waals surface area contributed by atoms with Gasteiger partial charge in [0.2, 0.25) is 0 Å². The van der Waals surface area contributed by atoms with Gasteiger partial charge < -0.3 is 4.90 Å². The van der Waals surface area contributed by atoms with Crippen molar-refractivity contribution in [3.8, 4) is 0 Å². The van der Waals surface area contributed by atoms with Gasteiger partial charge in [0.1, 0.15) is 12.1 Å². The molecule has 0 bridgehead atoms. The summed E-state index contributed by atoms with van der Waals surface area (Å²) in [4.78, 5) is 10.5. The highest BCUT2D eigenvalue weighted by atomic mass is 127. The average molecular weight is 323 g/mol. The average Bonchev–Trinajstić information content (AvgIpc) is 2.18. The molecule has 1 atom stereocenters. The lowest BCUT2D eigenvalue weighted by Crippen LogP contribution is -2.32. The van der Waals surface area contributed by atoms with E-state index in [0.29, 0.717) is 6.04 Å². The molecule has 5 heteroatoms. The van der Waals surface area contributed by atoms with Crippen LogP contribution in [0, 0.1) is 3.57 Å². The first-order valence-electron chi connectivity index (χ1n) is 4.34. The van der Waals surface area contributed by atoms with Crippen LogP contribution in [0.15, 0.2) is 12.5 Å². The minimum Gasteiger partial charge on any atom is -0.355 e. The summed E-state index contributed by atoms with van der Waals surface area (Å²) in [6, 6.07) is 0.494. The van der Waals surface area contributed by atoms with Gasteiger partial charge >= 0.3 is 0 Å². The van der Waals surface area contributed by atoms with Gasteiger partial charge in [0.15, 0.2) is 0 Å². The summed E-state index contributed by atoms with van der Waals surface area (Å²) in [5.74, 6) is 2.12. The molecule has 0 saturated heterocycles. The van der Waals surface area contributed by atoms with Crippen LogP contribution in [0.1, 0.15) is 6.92 Å². The van der Waals surface area contributed by atoms with Crippen molar-refractivity contribution in [2.24, 2.45) is 0 Å². The topological polar surface area (TPSA) is 29.0 Å². The van der Waals surface area contributed by atoms with Crippen LogP contribution < -0.4 is 4.90 Å². The smallest absolute Gasteiger partial charge is 0.145 e. The molecule has 1 aromatic heterocycles. The molecule has 1 aromatic rings. The minimum atomic E-state index is 0.494. The first-order chi connectivity index (χ1) is 6.66. The third-order valence-electron chi connectivity index (χ3n) is 2.05. The zero-order chi connectivity index (χ0) is 10.6. The Morgan fingerprint density at radius 3 is 2.93 bits per heavy atom. The summed E-state index contributed by atoms with van der Waals surface area (Å²) in [7, 11) is 2.07. The van der Waals surface area contributed by atoms with Gasteiger partial charge in [-0.25, -0.2) is 9.97 Å². The van der Waals surface area contributed by atoms with E-state index in [1.807, 2.05) is 18.0 Å². The second-order valence-electron chi connectivity index (χ2n) is 3.11. The van der Waals surface area contributed by atoms with Crippen LogP contribution in [0.3, 0.4) is 0 Å². The Kier molecular flexibility index (Phi) is 4.94. The molecular weight excluding hydrogens is 309 g/mol. The molecule has 0 saturated carbocycles. The summed E-state index contributed by atoms with van der Waals surface area (Å²) in [5.41, 5.74) is 0. The Balaban J connectivity index is 2.78. The van der Waals surface area contributed by atoms with Crippen molar-refractivity contribution in [2.75, 3.05) is 24.0 Å². The molecule has 0 spiro atoms. The summed E-state index contributed by atoms with van der Waals surface area (Å²) in [6.07, 6.45) is 5.56. The number of rotatable bonds is 4. The monoisotopic (exact) mass is 323 g/mol. The second kappa shape index (κ2) is 5.75. The van der Waals surface area contributed by atoms with E-state index in [1.54, 1.807) is 6.33 Å². The number of hydrogen-bond donors (Lipinski definition) is 0. The molecule has 3 nitrogen and oxygen atoms in total. The molecule has 1 rings (SSSR count). The van der Waals surface area contributed by atoms with E-state index in [0.717, 1.165) is 15.1 Å². The molecule has 0 amide bonds. The number of aromatic nitrogens is 2. The zero-order valence-electron chi connectivity index (χ0n) is 8.57. The SMILES string of the molecule is CSCC(C)N(C)c1ncncc1I. The maximum Gasteiger partial charge on any atom is 0.145 e. The van der Waals surface area contributed by atoms with Crippen LogP contribution in [0.5, 0.6) is 0 Å². The molecule has 78 valence electrons. The molecule has 0 radical (unpaired) electrons. The number of thioether (sulfide) groups is 1. The maximum atomic E-state index is 4.28. The molecule has 1 heterocycles. The van der Waals surface area contributed by atoms with E-state index in [9.17, 15) is 0 Å². The van der Waals surface area contributed by atoms with Gasteiger partial charge in [0.05, 0.1) is 3.57 Å². The van der Waals surface area contributed by atoms with Crippen molar-refractivity contribution in [1.82, 2.24) is 9.97 Å². The third kappa shape index (κ3) is 2.98. The summed E-state index contributed by atoms with van der Waals surface area (Å²) >= 11 is 4.11. The van der Waals surface area contributed by atoms with E-state index in [4.69, 9.17) is 0 Å². The van der Waals surface area contributed by atoms with Crippen LogP contribution in [-0.4, -0.2) is 35.1 Å². The van der Waals surface area contributed by atoms with Gasteiger partial charge in [-0.05, 0) is 35.8 Å². The third-order valence-corrected chi connectivity index (χ3v) is 3.63. The quantitative estimate of drug-likeness (QED) is 0.795. The summed E-state index contributed by atoms with van der Waals surface area (Å²) in [6.45, 7) is 2.20. The van der Waals surface area contributed by atoms with E-state index in [2.05, 4.69) is 57.7 Å². The first kappa shape index (κ1) is 12.0. The van der Waals surface area contributed by atoms with E-state index < -0.39 is 0 Å². The highest BCUT2D eigenvalue weighted by Crippen LogP contribution is 2.19. The zero-order valence-corrected chi connectivity index (χ0v) is 11.5. The number of anilines is 1.